The van der Waals surface area contributed by atoms with Crippen LogP contribution in [0, 0.1) is 0 Å². The van der Waals surface area contributed by atoms with Crippen molar-refractivity contribution >= 4 is 15.9 Å². The number of sulfonamides is 1. The van der Waals surface area contributed by atoms with Gasteiger partial charge in [0.05, 0.1) is 11.0 Å². The lowest BCUT2D eigenvalue weighted by Gasteiger charge is -2.31. The van der Waals surface area contributed by atoms with Crippen LogP contribution < -0.4 is 4.72 Å². The van der Waals surface area contributed by atoms with Crippen LogP contribution in [0.15, 0.2) is 23.1 Å². The molecule has 1 aromatic rings. The monoisotopic (exact) mass is 394 g/mol. The van der Waals surface area contributed by atoms with E-state index in [-0.39, 0.29) is 25.0 Å². The van der Waals surface area contributed by atoms with Gasteiger partial charge in [-0.2, -0.15) is 0 Å². The van der Waals surface area contributed by atoms with Crippen LogP contribution in [0.1, 0.15) is 50.2 Å². The Morgan fingerprint density at radius 2 is 1.89 bits per heavy atom. The van der Waals surface area contributed by atoms with Gasteiger partial charge in [0, 0.05) is 32.7 Å². The second kappa shape index (κ2) is 9.17. The minimum atomic E-state index is -3.58. The summed E-state index contributed by atoms with van der Waals surface area (Å²) in [5.74, 6) is -0.00177. The Hall–Kier alpha value is -1.44. The Labute approximate surface area is 162 Å². The van der Waals surface area contributed by atoms with Crippen LogP contribution in [0.5, 0.6) is 0 Å². The fourth-order valence-corrected chi connectivity index (χ4v) is 5.00. The Morgan fingerprint density at radius 3 is 2.59 bits per heavy atom. The van der Waals surface area contributed by atoms with Crippen molar-refractivity contribution in [3.8, 4) is 0 Å². The number of benzene rings is 1. The van der Waals surface area contributed by atoms with Crippen molar-refractivity contribution in [2.45, 2.75) is 62.9 Å². The quantitative estimate of drug-likeness (QED) is 0.770. The highest BCUT2D eigenvalue weighted by Crippen LogP contribution is 2.24. The molecular weight excluding hydrogens is 364 g/mol. The summed E-state index contributed by atoms with van der Waals surface area (Å²) >= 11 is 0. The van der Waals surface area contributed by atoms with E-state index in [0.29, 0.717) is 24.6 Å². The predicted octanol–water partition coefficient (Wildman–Crippen LogP) is 2.26. The van der Waals surface area contributed by atoms with Gasteiger partial charge in [-0.3, -0.25) is 4.79 Å². The fourth-order valence-electron chi connectivity index (χ4n) is 3.92. The molecule has 0 unspecified atom stereocenters. The maximum absolute atomic E-state index is 12.5. The SMILES string of the molecule is CCOC1CCN(C(=O)CCNS(=O)(=O)c2ccc3c(c2)CCCC3)CC1. The summed E-state index contributed by atoms with van der Waals surface area (Å²) in [6.07, 6.45) is 6.36. The number of hydrogen-bond acceptors (Lipinski definition) is 4. The van der Waals surface area contributed by atoms with Gasteiger partial charge in [0.1, 0.15) is 0 Å². The van der Waals surface area contributed by atoms with E-state index in [1.165, 1.54) is 12.0 Å². The van der Waals surface area contributed by atoms with Gasteiger partial charge in [0.15, 0.2) is 0 Å². The van der Waals surface area contributed by atoms with E-state index < -0.39 is 10.0 Å². The van der Waals surface area contributed by atoms with Crippen LogP contribution in [-0.2, 0) is 32.4 Å². The third-order valence-electron chi connectivity index (χ3n) is 5.46. The highest BCUT2D eigenvalue weighted by molar-refractivity contribution is 7.89. The zero-order valence-corrected chi connectivity index (χ0v) is 16.9. The van der Waals surface area contributed by atoms with E-state index in [4.69, 9.17) is 4.74 Å². The van der Waals surface area contributed by atoms with Crippen molar-refractivity contribution in [2.75, 3.05) is 26.2 Å². The number of nitrogens with one attached hydrogen (secondary N) is 1. The normalized spacial score (nSPS) is 18.3. The lowest BCUT2D eigenvalue weighted by molar-refractivity contribution is -0.133. The lowest BCUT2D eigenvalue weighted by Crippen LogP contribution is -2.42. The molecule has 150 valence electrons. The molecule has 7 heteroatoms. The van der Waals surface area contributed by atoms with Crippen LogP contribution in [0.25, 0.3) is 0 Å². The summed E-state index contributed by atoms with van der Waals surface area (Å²) in [5.41, 5.74) is 2.39. The molecule has 0 radical (unpaired) electrons. The number of hydrogen-bond donors (Lipinski definition) is 1. The fraction of sp³-hybridized carbons (Fsp3) is 0.650. The zero-order chi connectivity index (χ0) is 19.3. The molecule has 0 saturated carbocycles. The summed E-state index contributed by atoms with van der Waals surface area (Å²) in [5, 5.41) is 0. The van der Waals surface area contributed by atoms with E-state index in [1.54, 1.807) is 12.1 Å². The third kappa shape index (κ3) is 5.30. The highest BCUT2D eigenvalue weighted by Gasteiger charge is 2.23. The van der Waals surface area contributed by atoms with Crippen molar-refractivity contribution < 1.29 is 17.9 Å². The first-order valence-corrected chi connectivity index (χ1v) is 11.5. The van der Waals surface area contributed by atoms with Gasteiger partial charge in [-0.1, -0.05) is 6.07 Å². The first-order chi connectivity index (χ1) is 13.0. The smallest absolute Gasteiger partial charge is 0.240 e. The van der Waals surface area contributed by atoms with Crippen LogP contribution in [-0.4, -0.2) is 51.6 Å². The molecule has 1 amide bonds. The Bertz CT molecular complexity index is 755. The molecule has 1 aliphatic heterocycles. The summed E-state index contributed by atoms with van der Waals surface area (Å²) in [6.45, 7) is 4.17. The zero-order valence-electron chi connectivity index (χ0n) is 16.1. The molecule has 1 N–H and O–H groups in total. The van der Waals surface area contributed by atoms with Crippen LogP contribution in [0.4, 0.5) is 0 Å². The summed E-state index contributed by atoms with van der Waals surface area (Å²) in [4.78, 5) is 14.4. The van der Waals surface area contributed by atoms with E-state index in [2.05, 4.69) is 4.72 Å². The minimum Gasteiger partial charge on any atom is -0.378 e. The highest BCUT2D eigenvalue weighted by atomic mass is 32.2. The average molecular weight is 395 g/mol. The first-order valence-electron chi connectivity index (χ1n) is 10.0. The predicted molar refractivity (Wildman–Crippen MR) is 104 cm³/mol. The molecule has 1 aromatic carbocycles. The number of carbonyl (C=O) groups excluding carboxylic acids is 1. The van der Waals surface area contributed by atoms with E-state index >= 15 is 0 Å². The molecule has 1 fully saturated rings. The molecule has 27 heavy (non-hydrogen) atoms. The third-order valence-corrected chi connectivity index (χ3v) is 6.92. The van der Waals surface area contributed by atoms with Gasteiger partial charge in [-0.05, 0) is 68.7 Å². The number of fused-ring (bicyclic) bond motifs is 1. The molecular formula is C20H30N2O4S. The van der Waals surface area contributed by atoms with Crippen molar-refractivity contribution in [2.24, 2.45) is 0 Å². The van der Waals surface area contributed by atoms with Gasteiger partial charge in [0.25, 0.3) is 0 Å². The summed E-state index contributed by atoms with van der Waals surface area (Å²) in [6, 6.07) is 5.39. The van der Waals surface area contributed by atoms with E-state index in [9.17, 15) is 13.2 Å². The average Bonchev–Trinajstić information content (AvgIpc) is 2.68. The maximum Gasteiger partial charge on any atom is 0.240 e. The Kier molecular flexibility index (Phi) is 6.89. The van der Waals surface area contributed by atoms with Crippen molar-refractivity contribution in [3.05, 3.63) is 29.3 Å². The van der Waals surface area contributed by atoms with Gasteiger partial charge in [-0.15, -0.1) is 0 Å². The molecule has 0 spiro atoms. The minimum absolute atomic E-state index is 0.00177. The Morgan fingerprint density at radius 1 is 1.19 bits per heavy atom. The van der Waals surface area contributed by atoms with Crippen molar-refractivity contribution in [1.82, 2.24) is 9.62 Å². The molecule has 3 rings (SSSR count). The molecule has 0 atom stereocenters. The van der Waals surface area contributed by atoms with Crippen LogP contribution in [0.2, 0.25) is 0 Å². The number of piperidine rings is 1. The maximum atomic E-state index is 12.5. The molecule has 6 nitrogen and oxygen atoms in total. The van der Waals surface area contributed by atoms with Crippen LogP contribution >= 0.6 is 0 Å². The standard InChI is InChI=1S/C20H30N2O4S/c1-2-26-18-10-13-22(14-11-18)20(23)9-12-21-27(24,25)19-8-7-16-5-3-4-6-17(16)15-19/h7-8,15,18,21H,2-6,9-14H2,1H3. The van der Waals surface area contributed by atoms with Crippen molar-refractivity contribution in [3.63, 3.8) is 0 Å². The molecule has 0 aromatic heterocycles. The van der Waals surface area contributed by atoms with Crippen molar-refractivity contribution in [1.29, 1.82) is 0 Å². The van der Waals surface area contributed by atoms with Gasteiger partial charge in [0.2, 0.25) is 15.9 Å². The first kappa shape index (κ1) is 20.3. The van der Waals surface area contributed by atoms with Crippen LogP contribution in [0.3, 0.4) is 0 Å². The number of aryl methyl sites for hydroxylation is 2. The summed E-state index contributed by atoms with van der Waals surface area (Å²) < 4.78 is 33.3. The summed E-state index contributed by atoms with van der Waals surface area (Å²) in [7, 11) is -3.58. The second-order valence-corrected chi connectivity index (χ2v) is 9.09. The number of amides is 1. The number of ether oxygens (including phenoxy) is 1. The van der Waals surface area contributed by atoms with Gasteiger partial charge < -0.3 is 9.64 Å². The van der Waals surface area contributed by atoms with Gasteiger partial charge >= 0.3 is 0 Å². The number of likely N-dealkylation sites (tertiary alicyclic amines) is 1. The second-order valence-electron chi connectivity index (χ2n) is 7.32. The molecule has 2 aliphatic rings. The molecule has 1 aliphatic carbocycles. The Balaban J connectivity index is 1.49. The molecule has 0 bridgehead atoms. The van der Waals surface area contributed by atoms with E-state index in [0.717, 1.165) is 37.7 Å². The topological polar surface area (TPSA) is 75.7 Å². The lowest BCUT2D eigenvalue weighted by atomic mass is 9.92. The number of nitrogens with zero attached hydrogens (tertiary/aromatic N) is 1. The number of rotatable bonds is 7. The van der Waals surface area contributed by atoms with E-state index in [1.807, 2.05) is 17.9 Å². The largest absolute Gasteiger partial charge is 0.378 e. The molecule has 1 saturated heterocycles. The molecule has 1 heterocycles. The number of carbonyl (C=O) groups is 1. The van der Waals surface area contributed by atoms with Gasteiger partial charge in [-0.25, -0.2) is 13.1 Å².